The Balaban J connectivity index is 1.46. The van der Waals surface area contributed by atoms with Crippen LogP contribution in [0.4, 0.5) is 5.69 Å². The number of carbonyl (C=O) groups excluding carboxylic acids is 2. The first-order valence-electron chi connectivity index (χ1n) is 16.0. The fourth-order valence-corrected chi connectivity index (χ4v) is 5.21. The van der Waals surface area contributed by atoms with Crippen molar-refractivity contribution in [3.63, 3.8) is 0 Å². The van der Waals surface area contributed by atoms with Gasteiger partial charge in [-0.15, -0.1) is 0 Å². The second-order valence-corrected chi connectivity index (χ2v) is 11.1. The lowest BCUT2D eigenvalue weighted by atomic mass is 9.98. The normalized spacial score (nSPS) is 11.3. The number of amides is 1. The van der Waals surface area contributed by atoms with Crippen LogP contribution < -0.4 is 10.1 Å². The zero-order valence-corrected chi connectivity index (χ0v) is 26.0. The number of nitrogens with zero attached hydrogens (tertiary/aromatic N) is 1. The number of anilines is 1. The lowest BCUT2D eigenvalue weighted by Gasteiger charge is -2.21. The Hall–Kier alpha value is -3.90. The molecule has 0 radical (unpaired) electrons. The van der Waals surface area contributed by atoms with E-state index in [1.807, 2.05) is 60.7 Å². The molecule has 1 aromatic heterocycles. The van der Waals surface area contributed by atoms with E-state index in [-0.39, 0.29) is 11.7 Å². The molecule has 0 aliphatic heterocycles. The summed E-state index contributed by atoms with van der Waals surface area (Å²) in [5.74, 6) is 1.15. The van der Waals surface area contributed by atoms with Crippen LogP contribution >= 0.6 is 0 Å². The Labute approximate surface area is 256 Å². The smallest absolute Gasteiger partial charge is 0.255 e. The second kappa shape index (κ2) is 16.7. The molecular formula is C37H46N2O4. The monoisotopic (exact) mass is 582 g/mol. The molecule has 43 heavy (non-hydrogen) atoms. The van der Waals surface area contributed by atoms with Crippen molar-refractivity contribution < 1.29 is 18.7 Å². The van der Waals surface area contributed by atoms with Gasteiger partial charge in [0.05, 0.1) is 12.2 Å². The van der Waals surface area contributed by atoms with E-state index in [0.29, 0.717) is 52.1 Å². The molecule has 1 heterocycles. The largest absolute Gasteiger partial charge is 0.494 e. The van der Waals surface area contributed by atoms with Gasteiger partial charge in [-0.25, -0.2) is 0 Å². The van der Waals surface area contributed by atoms with Crippen LogP contribution in [0.15, 0.2) is 77.2 Å². The van der Waals surface area contributed by atoms with Crippen LogP contribution in [0.1, 0.15) is 97.8 Å². The average Bonchev–Trinajstić information content (AvgIpc) is 3.40. The van der Waals surface area contributed by atoms with E-state index < -0.39 is 0 Å². The average molecular weight is 583 g/mol. The Kier molecular flexibility index (Phi) is 12.4. The fourth-order valence-electron chi connectivity index (χ4n) is 5.21. The first-order valence-corrected chi connectivity index (χ1v) is 16.0. The molecule has 6 heteroatoms. The number of fused-ring (bicyclic) bond motifs is 1. The molecule has 0 fully saturated rings. The third-order valence-electron chi connectivity index (χ3n) is 7.70. The number of benzene rings is 3. The lowest BCUT2D eigenvalue weighted by Crippen LogP contribution is -2.28. The van der Waals surface area contributed by atoms with E-state index in [1.54, 1.807) is 12.1 Å². The van der Waals surface area contributed by atoms with Gasteiger partial charge in [-0.2, -0.15) is 0 Å². The molecule has 0 spiro atoms. The highest BCUT2D eigenvalue weighted by Crippen LogP contribution is 2.32. The topological polar surface area (TPSA) is 71.8 Å². The summed E-state index contributed by atoms with van der Waals surface area (Å²) < 4.78 is 12.2. The maximum absolute atomic E-state index is 13.9. The van der Waals surface area contributed by atoms with Crippen LogP contribution in [-0.2, 0) is 6.42 Å². The quantitative estimate of drug-likeness (QED) is 0.0937. The predicted octanol–water partition coefficient (Wildman–Crippen LogP) is 8.93. The van der Waals surface area contributed by atoms with Crippen LogP contribution in [0.3, 0.4) is 0 Å². The Bertz CT molecular complexity index is 1440. The van der Waals surface area contributed by atoms with Crippen molar-refractivity contribution in [1.29, 1.82) is 0 Å². The van der Waals surface area contributed by atoms with Gasteiger partial charge in [-0.1, -0.05) is 58.2 Å². The van der Waals surface area contributed by atoms with Crippen LogP contribution in [0.5, 0.6) is 5.75 Å². The number of ether oxygens (including phenoxy) is 1. The van der Waals surface area contributed by atoms with Gasteiger partial charge in [0.15, 0.2) is 5.78 Å². The van der Waals surface area contributed by atoms with Crippen molar-refractivity contribution in [2.45, 2.75) is 72.1 Å². The molecule has 228 valence electrons. The van der Waals surface area contributed by atoms with Crippen molar-refractivity contribution in [3.05, 3.63) is 95.2 Å². The van der Waals surface area contributed by atoms with E-state index in [0.717, 1.165) is 44.6 Å². The number of carbonyl (C=O) groups is 2. The van der Waals surface area contributed by atoms with Crippen molar-refractivity contribution in [2.75, 3.05) is 31.6 Å². The van der Waals surface area contributed by atoms with Gasteiger partial charge in [-0.3, -0.25) is 9.59 Å². The van der Waals surface area contributed by atoms with Gasteiger partial charge in [0.1, 0.15) is 17.1 Å². The molecule has 0 bridgehead atoms. The highest BCUT2D eigenvalue weighted by atomic mass is 16.5. The predicted molar refractivity (Wildman–Crippen MR) is 175 cm³/mol. The minimum atomic E-state index is -0.201. The summed E-state index contributed by atoms with van der Waals surface area (Å²) in [6.07, 6.45) is 8.44. The molecule has 6 nitrogen and oxygen atoms in total. The maximum Gasteiger partial charge on any atom is 0.255 e. The summed E-state index contributed by atoms with van der Waals surface area (Å²) in [6.45, 7) is 10.6. The minimum absolute atomic E-state index is 0.0922. The first kappa shape index (κ1) is 32.0. The molecule has 0 unspecified atom stereocenters. The van der Waals surface area contributed by atoms with E-state index >= 15 is 0 Å². The van der Waals surface area contributed by atoms with E-state index in [4.69, 9.17) is 9.15 Å². The van der Waals surface area contributed by atoms with Gasteiger partial charge in [0.25, 0.3) is 5.91 Å². The van der Waals surface area contributed by atoms with Crippen LogP contribution in [0.2, 0.25) is 0 Å². The van der Waals surface area contributed by atoms with Crippen LogP contribution in [0, 0.1) is 0 Å². The lowest BCUT2D eigenvalue weighted by molar-refractivity contribution is 0.102. The molecule has 1 amide bonds. The molecular weight excluding hydrogens is 536 g/mol. The first-order chi connectivity index (χ1) is 21.0. The van der Waals surface area contributed by atoms with Gasteiger partial charge >= 0.3 is 0 Å². The fraction of sp³-hybridized carbons (Fsp3) is 0.405. The van der Waals surface area contributed by atoms with Crippen molar-refractivity contribution in [3.8, 4) is 5.75 Å². The molecule has 3 aromatic carbocycles. The molecule has 4 rings (SSSR count). The highest BCUT2D eigenvalue weighted by Gasteiger charge is 2.22. The second-order valence-electron chi connectivity index (χ2n) is 11.1. The van der Waals surface area contributed by atoms with Crippen molar-refractivity contribution in [1.82, 2.24) is 4.90 Å². The number of furan rings is 1. The molecule has 1 N–H and O–H groups in total. The summed E-state index contributed by atoms with van der Waals surface area (Å²) in [4.78, 5) is 29.2. The van der Waals surface area contributed by atoms with Crippen molar-refractivity contribution in [2.24, 2.45) is 0 Å². The summed E-state index contributed by atoms with van der Waals surface area (Å²) in [6, 6.07) is 22.0. The van der Waals surface area contributed by atoms with Crippen LogP contribution in [0.25, 0.3) is 11.0 Å². The van der Waals surface area contributed by atoms with Crippen LogP contribution in [-0.4, -0.2) is 42.8 Å². The summed E-state index contributed by atoms with van der Waals surface area (Å²) in [5, 5.41) is 3.66. The molecule has 0 aliphatic carbocycles. The minimum Gasteiger partial charge on any atom is -0.494 e. The zero-order chi connectivity index (χ0) is 30.4. The maximum atomic E-state index is 13.9. The number of hydrogen-bond donors (Lipinski definition) is 1. The van der Waals surface area contributed by atoms with E-state index in [9.17, 15) is 9.59 Å². The number of nitrogens with one attached hydrogen (secondary N) is 1. The summed E-state index contributed by atoms with van der Waals surface area (Å²) in [5.41, 5.74) is 2.97. The molecule has 0 saturated carbocycles. The number of hydrogen-bond acceptors (Lipinski definition) is 5. The molecule has 0 aliphatic rings. The number of aryl methyl sites for hydroxylation is 1. The van der Waals surface area contributed by atoms with E-state index in [2.05, 4.69) is 31.0 Å². The standard InChI is InChI=1S/C37H46N2O4/c1-4-7-16-34-35(32-27-30(19-22-33(32)43-34)38-37(41)29-14-11-10-12-15-29)36(40)28-17-20-31(21-18-28)42-26-13-25-39(23-8-5-2)24-9-6-3/h10-12,14-15,17-22,27H,4-9,13,16,23-26H2,1-3H3,(H,38,41). The Morgan fingerprint density at radius 2 is 1.44 bits per heavy atom. The van der Waals surface area contributed by atoms with Gasteiger partial charge in [0.2, 0.25) is 0 Å². The zero-order valence-electron chi connectivity index (χ0n) is 26.0. The summed E-state index contributed by atoms with van der Waals surface area (Å²) >= 11 is 0. The SMILES string of the molecule is CCCCc1oc2ccc(NC(=O)c3ccccc3)cc2c1C(=O)c1ccc(OCCCN(CCCC)CCCC)cc1. The van der Waals surface area contributed by atoms with E-state index in [1.165, 1.54) is 25.7 Å². The third-order valence-corrected chi connectivity index (χ3v) is 7.70. The number of ketones is 1. The van der Waals surface area contributed by atoms with Gasteiger partial charge in [0, 0.05) is 35.2 Å². The van der Waals surface area contributed by atoms with Gasteiger partial charge in [-0.05, 0) is 93.4 Å². The molecule has 0 saturated heterocycles. The Morgan fingerprint density at radius 1 is 0.767 bits per heavy atom. The molecule has 0 atom stereocenters. The van der Waals surface area contributed by atoms with Crippen molar-refractivity contribution >= 4 is 28.3 Å². The summed E-state index contributed by atoms with van der Waals surface area (Å²) in [7, 11) is 0. The molecule has 4 aromatic rings. The third kappa shape index (κ3) is 9.04. The number of unbranched alkanes of at least 4 members (excludes halogenated alkanes) is 3. The number of rotatable bonds is 18. The highest BCUT2D eigenvalue weighted by molar-refractivity contribution is 6.17. The Morgan fingerprint density at radius 3 is 2.12 bits per heavy atom. The van der Waals surface area contributed by atoms with Gasteiger partial charge < -0.3 is 19.4 Å².